The minimum absolute atomic E-state index is 0.0824. The molecule has 1 saturated carbocycles. The van der Waals surface area contributed by atoms with Crippen LogP contribution in [-0.4, -0.2) is 73.8 Å². The Morgan fingerprint density at radius 1 is 0.971 bits per heavy atom. The lowest BCUT2D eigenvalue weighted by Crippen LogP contribution is -2.61. The number of nitrogens with two attached hydrogens (primary N) is 4. The van der Waals surface area contributed by atoms with Gasteiger partial charge in [0, 0.05) is 62.4 Å². The van der Waals surface area contributed by atoms with Gasteiger partial charge in [0.25, 0.3) is 0 Å². The van der Waals surface area contributed by atoms with Gasteiger partial charge in [-0.05, 0) is 49.3 Å². The van der Waals surface area contributed by atoms with Crippen molar-refractivity contribution in [1.29, 1.82) is 0 Å². The molecule has 188 valence electrons. The molecule has 1 aliphatic carbocycles. The third kappa shape index (κ3) is 6.44. The zero-order valence-electron chi connectivity index (χ0n) is 19.7. The molecule has 11 heteroatoms. The predicted octanol–water partition coefficient (Wildman–Crippen LogP) is 0.0391. The molecule has 0 aromatic heterocycles. The number of hydrogen-bond acceptors (Lipinski definition) is 6. The normalized spacial score (nSPS) is 29.8. The fourth-order valence-corrected chi connectivity index (χ4v) is 5.80. The summed E-state index contributed by atoms with van der Waals surface area (Å²) in [6.45, 7) is 5.81. The molecule has 0 spiro atoms. The maximum atomic E-state index is 6.55. The summed E-state index contributed by atoms with van der Waals surface area (Å²) in [7, 11) is 0. The highest BCUT2D eigenvalue weighted by Gasteiger charge is 2.41. The van der Waals surface area contributed by atoms with E-state index in [0.29, 0.717) is 18.5 Å². The molecule has 3 fully saturated rings. The smallest absolute Gasteiger partial charge is 0.188 e. The van der Waals surface area contributed by atoms with Crippen molar-refractivity contribution in [1.82, 2.24) is 15.5 Å². The van der Waals surface area contributed by atoms with Gasteiger partial charge in [0.15, 0.2) is 18.2 Å². The number of alkyl halides is 1. The number of anilines is 1. The molecule has 3 aliphatic rings. The molecule has 10 nitrogen and oxygen atoms in total. The lowest BCUT2D eigenvalue weighted by Gasteiger charge is -2.46. The van der Waals surface area contributed by atoms with Crippen LogP contribution >= 0.6 is 11.6 Å². The Kier molecular flexibility index (Phi) is 8.36. The molecule has 0 bridgehead atoms. The summed E-state index contributed by atoms with van der Waals surface area (Å²) >= 11 is 6.55. The van der Waals surface area contributed by atoms with Gasteiger partial charge >= 0.3 is 0 Å². The average molecular weight is 491 g/mol. The summed E-state index contributed by atoms with van der Waals surface area (Å²) in [5.41, 5.74) is 24.6. The molecule has 10 N–H and O–H groups in total. The van der Waals surface area contributed by atoms with Crippen LogP contribution in [0.1, 0.15) is 37.3 Å². The highest BCUT2D eigenvalue weighted by molar-refractivity contribution is 6.20. The van der Waals surface area contributed by atoms with Crippen molar-refractivity contribution in [3.05, 3.63) is 29.8 Å². The lowest BCUT2D eigenvalue weighted by atomic mass is 9.76. The van der Waals surface area contributed by atoms with E-state index in [1.165, 1.54) is 11.3 Å². The first kappa shape index (κ1) is 24.8. The van der Waals surface area contributed by atoms with Gasteiger partial charge in [-0.25, -0.2) is 4.99 Å². The van der Waals surface area contributed by atoms with Crippen LogP contribution in [0.2, 0.25) is 0 Å². The van der Waals surface area contributed by atoms with Crippen molar-refractivity contribution < 1.29 is 0 Å². The molecule has 2 heterocycles. The highest BCUT2D eigenvalue weighted by atomic mass is 35.5. The number of hydrogen-bond donors (Lipinski definition) is 6. The predicted molar refractivity (Wildman–Crippen MR) is 140 cm³/mol. The summed E-state index contributed by atoms with van der Waals surface area (Å²) in [5.74, 6) is 0.648. The van der Waals surface area contributed by atoms with Crippen LogP contribution in [0.15, 0.2) is 34.3 Å². The third-order valence-electron chi connectivity index (χ3n) is 7.17. The van der Waals surface area contributed by atoms with Crippen molar-refractivity contribution in [3.63, 3.8) is 0 Å². The van der Waals surface area contributed by atoms with Crippen LogP contribution in [0.4, 0.5) is 5.69 Å². The molecule has 2 aliphatic heterocycles. The van der Waals surface area contributed by atoms with Gasteiger partial charge in [-0.3, -0.25) is 20.5 Å². The number of benzene rings is 1. The molecule has 1 aromatic rings. The molecule has 0 amide bonds. The zero-order chi connectivity index (χ0) is 24.1. The van der Waals surface area contributed by atoms with Gasteiger partial charge in [-0.2, -0.15) is 0 Å². The van der Waals surface area contributed by atoms with Crippen molar-refractivity contribution in [3.8, 4) is 0 Å². The number of guanidine groups is 2. The monoisotopic (exact) mass is 490 g/mol. The van der Waals surface area contributed by atoms with E-state index in [2.05, 4.69) is 54.7 Å². The second-order valence-corrected chi connectivity index (χ2v) is 10.1. The first-order chi connectivity index (χ1) is 16.4. The van der Waals surface area contributed by atoms with E-state index in [4.69, 9.17) is 34.5 Å². The van der Waals surface area contributed by atoms with Crippen molar-refractivity contribution in [2.24, 2.45) is 38.8 Å². The van der Waals surface area contributed by atoms with Crippen molar-refractivity contribution in [2.75, 3.05) is 44.2 Å². The SMILES string of the molecule is NC(N)=NCCCN1CCN(c2ccc(C3N[C@@H](N=C(N)N)N[C@H]4CCC(Cl)CC34)cc2)CC1. The van der Waals surface area contributed by atoms with E-state index in [-0.39, 0.29) is 29.6 Å². The van der Waals surface area contributed by atoms with E-state index in [0.717, 1.165) is 58.4 Å². The van der Waals surface area contributed by atoms with E-state index >= 15 is 0 Å². The summed E-state index contributed by atoms with van der Waals surface area (Å²) in [6, 6.07) is 9.44. The van der Waals surface area contributed by atoms with Crippen LogP contribution in [0, 0.1) is 5.92 Å². The second-order valence-electron chi connectivity index (χ2n) is 9.53. The van der Waals surface area contributed by atoms with Gasteiger partial charge in [-0.1, -0.05) is 12.1 Å². The highest BCUT2D eigenvalue weighted by Crippen LogP contribution is 2.39. The first-order valence-electron chi connectivity index (χ1n) is 12.3. The molecule has 1 aromatic carbocycles. The third-order valence-corrected chi connectivity index (χ3v) is 7.56. The zero-order valence-corrected chi connectivity index (χ0v) is 20.5. The number of piperazine rings is 1. The molecule has 5 atom stereocenters. The molecule has 34 heavy (non-hydrogen) atoms. The Morgan fingerprint density at radius 2 is 1.71 bits per heavy atom. The summed E-state index contributed by atoms with van der Waals surface area (Å²) in [4.78, 5) is 13.3. The number of rotatable bonds is 7. The molecule has 2 saturated heterocycles. The molecule has 4 rings (SSSR count). The van der Waals surface area contributed by atoms with E-state index in [9.17, 15) is 0 Å². The number of fused-ring (bicyclic) bond motifs is 1. The van der Waals surface area contributed by atoms with Crippen LogP contribution in [-0.2, 0) is 0 Å². The summed E-state index contributed by atoms with van der Waals surface area (Å²) < 4.78 is 0. The van der Waals surface area contributed by atoms with E-state index in [1.54, 1.807) is 0 Å². The Bertz CT molecular complexity index is 844. The maximum absolute atomic E-state index is 6.55. The van der Waals surface area contributed by atoms with Gasteiger partial charge in [0.05, 0.1) is 0 Å². The second kappa shape index (κ2) is 11.4. The molecular weight excluding hydrogens is 452 g/mol. The number of nitrogens with one attached hydrogen (secondary N) is 2. The van der Waals surface area contributed by atoms with E-state index < -0.39 is 0 Å². The fourth-order valence-electron chi connectivity index (χ4n) is 5.46. The average Bonchev–Trinajstić information content (AvgIpc) is 2.82. The van der Waals surface area contributed by atoms with Crippen molar-refractivity contribution in [2.45, 2.75) is 49.4 Å². The molecular formula is C23H39ClN10. The van der Waals surface area contributed by atoms with Gasteiger partial charge in [0.2, 0.25) is 0 Å². The Balaban J connectivity index is 1.36. The first-order valence-corrected chi connectivity index (χ1v) is 12.7. The van der Waals surface area contributed by atoms with Gasteiger partial charge in [0.1, 0.15) is 0 Å². The van der Waals surface area contributed by atoms with Gasteiger partial charge in [-0.15, -0.1) is 11.6 Å². The number of aliphatic imine (C=N–C) groups is 2. The molecule has 3 unspecified atom stereocenters. The summed E-state index contributed by atoms with van der Waals surface area (Å²) in [5, 5.41) is 7.35. The minimum atomic E-state index is -0.289. The van der Waals surface area contributed by atoms with Crippen LogP contribution in [0.25, 0.3) is 0 Å². The Hall–Kier alpha value is -2.27. The largest absolute Gasteiger partial charge is 0.370 e. The topological polar surface area (TPSA) is 159 Å². The quantitative estimate of drug-likeness (QED) is 0.135. The van der Waals surface area contributed by atoms with Crippen LogP contribution in [0.5, 0.6) is 0 Å². The standard InChI is InChI=1S/C23H39ClN10/c24-16-4-7-19-18(14-16)20(31-23(30-19)32-22(27)28)15-2-5-17(6-3-15)34-12-10-33(11-13-34)9-1-8-29-21(25)26/h2-3,5-6,16,18-20,23,30-31H,1,4,7-14H2,(H4,25,26,29)(H4,27,28,32)/t16?,18?,19-,20?,23-/m0/s1. The van der Waals surface area contributed by atoms with E-state index in [1.807, 2.05) is 0 Å². The van der Waals surface area contributed by atoms with Crippen LogP contribution in [0.3, 0.4) is 0 Å². The van der Waals surface area contributed by atoms with Crippen molar-refractivity contribution >= 4 is 29.2 Å². The lowest BCUT2D eigenvalue weighted by molar-refractivity contribution is 0.125. The number of halogens is 1. The maximum Gasteiger partial charge on any atom is 0.188 e. The summed E-state index contributed by atoms with van der Waals surface area (Å²) in [6.07, 6.45) is 3.70. The van der Waals surface area contributed by atoms with Crippen LogP contribution < -0.4 is 38.5 Å². The Morgan fingerprint density at radius 3 is 2.38 bits per heavy atom. The Labute approximate surface area is 207 Å². The fraction of sp³-hybridized carbons (Fsp3) is 0.652. The minimum Gasteiger partial charge on any atom is -0.370 e. The number of nitrogens with zero attached hydrogens (tertiary/aromatic N) is 4. The molecule has 0 radical (unpaired) electrons. The van der Waals surface area contributed by atoms with Gasteiger partial charge < -0.3 is 27.8 Å².